The zero-order valence-corrected chi connectivity index (χ0v) is 15.6. The number of aromatic nitrogens is 4. The Kier molecular flexibility index (Phi) is 5.16. The maximum Gasteiger partial charge on any atom is 0.275 e. The van der Waals surface area contributed by atoms with Crippen LogP contribution in [0.2, 0.25) is 0 Å². The highest BCUT2D eigenvalue weighted by atomic mass is 16.5. The van der Waals surface area contributed by atoms with Crippen molar-refractivity contribution in [1.82, 2.24) is 24.8 Å². The van der Waals surface area contributed by atoms with Crippen molar-refractivity contribution in [3.8, 4) is 0 Å². The molecule has 4 rings (SSSR count). The van der Waals surface area contributed by atoms with Gasteiger partial charge in [0, 0.05) is 31.3 Å². The van der Waals surface area contributed by atoms with Crippen LogP contribution in [0.5, 0.6) is 0 Å². The molecule has 3 aromatic rings. The molecule has 2 aromatic heterocycles. The number of aryl methyl sites for hydroxylation is 1. The van der Waals surface area contributed by atoms with Crippen LogP contribution in [0.15, 0.2) is 39.8 Å². The van der Waals surface area contributed by atoms with Gasteiger partial charge in [0.15, 0.2) is 5.82 Å². The molecule has 1 amide bonds. The first-order chi connectivity index (χ1) is 13.6. The summed E-state index contributed by atoms with van der Waals surface area (Å²) in [6, 6.07) is 7.20. The number of fused-ring (bicyclic) bond motifs is 1. The second kappa shape index (κ2) is 7.89. The van der Waals surface area contributed by atoms with Gasteiger partial charge in [-0.15, -0.1) is 0 Å². The summed E-state index contributed by atoms with van der Waals surface area (Å²) in [4.78, 5) is 31.3. The highest BCUT2D eigenvalue weighted by Gasteiger charge is 2.26. The van der Waals surface area contributed by atoms with Crippen molar-refractivity contribution in [1.29, 1.82) is 0 Å². The fourth-order valence-corrected chi connectivity index (χ4v) is 3.26. The number of hydrogen-bond donors (Lipinski definition) is 0. The first kappa shape index (κ1) is 18.3. The van der Waals surface area contributed by atoms with Gasteiger partial charge in [-0.05, 0) is 6.07 Å². The van der Waals surface area contributed by atoms with Gasteiger partial charge in [-0.25, -0.2) is 4.68 Å². The summed E-state index contributed by atoms with van der Waals surface area (Å²) in [6.07, 6.45) is 2.55. The van der Waals surface area contributed by atoms with Crippen molar-refractivity contribution >= 4 is 16.7 Å². The fraction of sp³-hybridized carbons (Fsp3) is 0.421. The number of hydrogen-bond acceptors (Lipinski definition) is 7. The third-order valence-corrected chi connectivity index (χ3v) is 4.76. The lowest BCUT2D eigenvalue weighted by Crippen LogP contribution is -2.48. The van der Waals surface area contributed by atoms with Gasteiger partial charge in [0.25, 0.3) is 5.56 Å². The smallest absolute Gasteiger partial charge is 0.275 e. The molecule has 0 saturated carbocycles. The maximum atomic E-state index is 12.7. The average Bonchev–Trinajstić information content (AvgIpc) is 3.18. The molecule has 1 fully saturated rings. The van der Waals surface area contributed by atoms with Crippen LogP contribution in [-0.2, 0) is 28.9 Å². The van der Waals surface area contributed by atoms with Crippen molar-refractivity contribution < 1.29 is 14.1 Å². The van der Waals surface area contributed by atoms with Crippen LogP contribution in [0.3, 0.4) is 0 Å². The number of benzene rings is 1. The van der Waals surface area contributed by atoms with Gasteiger partial charge >= 0.3 is 0 Å². The summed E-state index contributed by atoms with van der Waals surface area (Å²) < 4.78 is 12.1. The number of ether oxygens (including phenoxy) is 1. The van der Waals surface area contributed by atoms with Crippen LogP contribution >= 0.6 is 0 Å². The number of nitrogens with zero attached hydrogens (tertiary/aromatic N) is 5. The molecule has 1 aliphatic heterocycles. The predicted molar refractivity (Wildman–Crippen MR) is 99.7 cm³/mol. The standard InChI is InChI=1S/C19H21N5O4/c1-2-17-21-16(22-28-17)9-14-11-23(7-8-27-14)18(25)12-24-19(26)15-6-4-3-5-13(15)10-20-24/h3-6,10,14H,2,7-9,11-12H2,1H3/t14-/m0/s1. The Hall–Kier alpha value is -3.07. The predicted octanol–water partition coefficient (Wildman–Crippen LogP) is 0.812. The normalized spacial score (nSPS) is 17.2. The van der Waals surface area contributed by atoms with E-state index in [9.17, 15) is 9.59 Å². The number of carbonyl (C=O) groups excluding carboxylic acids is 1. The van der Waals surface area contributed by atoms with Crippen molar-refractivity contribution in [3.63, 3.8) is 0 Å². The summed E-state index contributed by atoms with van der Waals surface area (Å²) in [5.74, 6) is 0.990. The Balaban J connectivity index is 1.43. The van der Waals surface area contributed by atoms with Crippen LogP contribution in [0.1, 0.15) is 18.6 Å². The Morgan fingerprint density at radius 2 is 2.18 bits per heavy atom. The Morgan fingerprint density at radius 1 is 1.32 bits per heavy atom. The molecule has 1 aliphatic rings. The second-order valence-corrected chi connectivity index (χ2v) is 6.69. The Bertz CT molecular complexity index is 1040. The molecule has 3 heterocycles. The molecule has 9 heteroatoms. The SMILES string of the molecule is CCc1nc(C[C@H]2CN(C(=O)Cn3ncc4ccccc4c3=O)CCO2)no1. The molecular weight excluding hydrogens is 362 g/mol. The van der Waals surface area contributed by atoms with Gasteiger partial charge in [0.1, 0.15) is 6.54 Å². The van der Waals surface area contributed by atoms with Crippen molar-refractivity contribution in [2.75, 3.05) is 19.7 Å². The van der Waals surface area contributed by atoms with E-state index in [4.69, 9.17) is 9.26 Å². The molecule has 0 aliphatic carbocycles. The Morgan fingerprint density at radius 3 is 3.00 bits per heavy atom. The van der Waals surface area contributed by atoms with Gasteiger partial charge in [0.05, 0.1) is 24.3 Å². The third kappa shape index (κ3) is 3.79. The van der Waals surface area contributed by atoms with E-state index >= 15 is 0 Å². The van der Waals surface area contributed by atoms with E-state index in [0.717, 1.165) is 5.39 Å². The van der Waals surface area contributed by atoms with Crippen molar-refractivity contribution in [2.45, 2.75) is 32.4 Å². The number of carbonyl (C=O) groups is 1. The first-order valence-corrected chi connectivity index (χ1v) is 9.29. The second-order valence-electron chi connectivity index (χ2n) is 6.69. The van der Waals surface area contributed by atoms with Crippen LogP contribution < -0.4 is 5.56 Å². The quantitative estimate of drug-likeness (QED) is 0.642. The van der Waals surface area contributed by atoms with Crippen molar-refractivity contribution in [2.24, 2.45) is 0 Å². The monoisotopic (exact) mass is 383 g/mol. The summed E-state index contributed by atoms with van der Waals surface area (Å²) in [6.45, 7) is 3.16. The molecule has 28 heavy (non-hydrogen) atoms. The molecule has 0 unspecified atom stereocenters. The minimum absolute atomic E-state index is 0.0986. The van der Waals surface area contributed by atoms with E-state index in [2.05, 4.69) is 15.2 Å². The van der Waals surface area contributed by atoms with Crippen LogP contribution in [0, 0.1) is 0 Å². The van der Waals surface area contributed by atoms with Crippen LogP contribution in [-0.4, -0.2) is 56.5 Å². The van der Waals surface area contributed by atoms with E-state index in [1.807, 2.05) is 19.1 Å². The lowest BCUT2D eigenvalue weighted by atomic mass is 10.2. The highest BCUT2D eigenvalue weighted by Crippen LogP contribution is 2.12. The van der Waals surface area contributed by atoms with Gasteiger partial charge in [-0.3, -0.25) is 9.59 Å². The molecule has 1 saturated heterocycles. The Labute approximate surface area is 160 Å². The molecule has 146 valence electrons. The molecule has 0 radical (unpaired) electrons. The zero-order chi connectivity index (χ0) is 19.5. The number of amides is 1. The zero-order valence-electron chi connectivity index (χ0n) is 15.6. The molecule has 1 atom stereocenters. The lowest BCUT2D eigenvalue weighted by Gasteiger charge is -2.32. The highest BCUT2D eigenvalue weighted by molar-refractivity contribution is 5.81. The van der Waals surface area contributed by atoms with Crippen LogP contribution in [0.4, 0.5) is 0 Å². The van der Waals surface area contributed by atoms with Gasteiger partial charge in [-0.2, -0.15) is 10.1 Å². The average molecular weight is 383 g/mol. The van der Waals surface area contributed by atoms with Gasteiger partial charge in [-0.1, -0.05) is 30.3 Å². The summed E-state index contributed by atoms with van der Waals surface area (Å²) in [7, 11) is 0. The maximum absolute atomic E-state index is 12.7. The number of rotatable bonds is 5. The molecule has 0 N–H and O–H groups in total. The van der Waals surface area contributed by atoms with Crippen LogP contribution in [0.25, 0.3) is 10.8 Å². The molecule has 0 spiro atoms. The van der Waals surface area contributed by atoms with E-state index in [1.165, 1.54) is 4.68 Å². The largest absolute Gasteiger partial charge is 0.374 e. The molecule has 9 nitrogen and oxygen atoms in total. The first-order valence-electron chi connectivity index (χ1n) is 9.29. The minimum atomic E-state index is -0.268. The summed E-state index contributed by atoms with van der Waals surface area (Å²) >= 11 is 0. The topological polar surface area (TPSA) is 103 Å². The van der Waals surface area contributed by atoms with E-state index in [0.29, 0.717) is 49.6 Å². The summed E-state index contributed by atoms with van der Waals surface area (Å²) in [5.41, 5.74) is -0.268. The van der Waals surface area contributed by atoms with Crippen molar-refractivity contribution in [3.05, 3.63) is 52.5 Å². The van der Waals surface area contributed by atoms with E-state index < -0.39 is 0 Å². The van der Waals surface area contributed by atoms with E-state index in [1.54, 1.807) is 23.2 Å². The minimum Gasteiger partial charge on any atom is -0.374 e. The van der Waals surface area contributed by atoms with Gasteiger partial charge in [0.2, 0.25) is 11.8 Å². The molecule has 1 aromatic carbocycles. The fourth-order valence-electron chi connectivity index (χ4n) is 3.26. The summed E-state index contributed by atoms with van der Waals surface area (Å²) in [5, 5.41) is 9.38. The molecular formula is C19H21N5O4. The van der Waals surface area contributed by atoms with Gasteiger partial charge < -0.3 is 14.2 Å². The molecule has 0 bridgehead atoms. The number of morpholine rings is 1. The lowest BCUT2D eigenvalue weighted by molar-refractivity contribution is -0.139. The van der Waals surface area contributed by atoms with E-state index in [-0.39, 0.29) is 24.1 Å². The third-order valence-electron chi connectivity index (χ3n) is 4.76.